The number of hydrogen-bond acceptors (Lipinski definition) is 4. The lowest BCUT2D eigenvalue weighted by atomic mass is 9.98. The Morgan fingerprint density at radius 2 is 2.24 bits per heavy atom. The second-order valence-electron chi connectivity index (χ2n) is 4.61. The van der Waals surface area contributed by atoms with E-state index in [-0.39, 0.29) is 0 Å². The van der Waals surface area contributed by atoms with Gasteiger partial charge in [0.05, 0.1) is 19.3 Å². The Balaban J connectivity index is 1.53. The summed E-state index contributed by atoms with van der Waals surface area (Å²) in [5.41, 5.74) is 0. The topological polar surface area (TPSA) is 52.0 Å². The van der Waals surface area contributed by atoms with Gasteiger partial charge in [0.2, 0.25) is 0 Å². The zero-order valence-electron chi connectivity index (χ0n) is 10.6. The van der Waals surface area contributed by atoms with E-state index in [9.17, 15) is 0 Å². The maximum absolute atomic E-state index is 5.83. The van der Waals surface area contributed by atoms with Crippen LogP contribution in [-0.2, 0) is 18.3 Å². The Hall–Kier alpha value is -0.940. The molecular weight excluding hydrogens is 216 g/mol. The fraction of sp³-hybridized carbons (Fsp3) is 0.833. The van der Waals surface area contributed by atoms with Crippen LogP contribution in [0, 0.1) is 0 Å². The molecule has 1 fully saturated rings. The summed E-state index contributed by atoms with van der Waals surface area (Å²) in [6.07, 6.45) is 8.60. The molecule has 0 radical (unpaired) electrons. The van der Waals surface area contributed by atoms with E-state index in [0.29, 0.717) is 6.10 Å². The molecule has 0 aromatic carbocycles. The molecule has 2 rings (SSSR count). The standard InChI is InChI=1S/C12H22N4O/c1-16-12(14-10-15-16)9-13-7-8-17-11-5-3-2-4-6-11/h10-11,13H,2-9H2,1H3. The molecule has 1 aliphatic rings. The average Bonchev–Trinajstić information content (AvgIpc) is 2.76. The number of ether oxygens (including phenoxy) is 1. The zero-order valence-corrected chi connectivity index (χ0v) is 10.6. The highest BCUT2D eigenvalue weighted by molar-refractivity contribution is 4.81. The van der Waals surface area contributed by atoms with E-state index >= 15 is 0 Å². The minimum absolute atomic E-state index is 0.500. The van der Waals surface area contributed by atoms with Crippen LogP contribution in [0.15, 0.2) is 6.33 Å². The highest BCUT2D eigenvalue weighted by atomic mass is 16.5. The third kappa shape index (κ3) is 4.09. The lowest BCUT2D eigenvalue weighted by Crippen LogP contribution is -2.25. The first kappa shape index (κ1) is 12.5. The minimum atomic E-state index is 0.500. The molecule has 0 aliphatic heterocycles. The summed E-state index contributed by atoms with van der Waals surface area (Å²) in [5, 5.41) is 7.34. The summed E-state index contributed by atoms with van der Waals surface area (Å²) in [4.78, 5) is 4.15. The number of rotatable bonds is 6. The molecule has 96 valence electrons. The molecule has 1 N–H and O–H groups in total. The van der Waals surface area contributed by atoms with Crippen LogP contribution in [0.2, 0.25) is 0 Å². The van der Waals surface area contributed by atoms with Crippen LogP contribution < -0.4 is 5.32 Å². The number of nitrogens with zero attached hydrogens (tertiary/aromatic N) is 3. The van der Waals surface area contributed by atoms with Gasteiger partial charge in [0.25, 0.3) is 0 Å². The maximum Gasteiger partial charge on any atom is 0.140 e. The molecule has 0 unspecified atom stereocenters. The van der Waals surface area contributed by atoms with Gasteiger partial charge in [-0.2, -0.15) is 5.10 Å². The van der Waals surface area contributed by atoms with Crippen molar-refractivity contribution in [1.29, 1.82) is 0 Å². The van der Waals surface area contributed by atoms with Crippen molar-refractivity contribution in [2.45, 2.75) is 44.8 Å². The molecule has 0 amide bonds. The molecule has 17 heavy (non-hydrogen) atoms. The molecule has 1 heterocycles. The second-order valence-corrected chi connectivity index (χ2v) is 4.61. The molecule has 1 aliphatic carbocycles. The third-order valence-corrected chi connectivity index (χ3v) is 3.27. The lowest BCUT2D eigenvalue weighted by molar-refractivity contribution is 0.0301. The van der Waals surface area contributed by atoms with E-state index in [1.54, 1.807) is 11.0 Å². The molecule has 0 atom stereocenters. The zero-order chi connectivity index (χ0) is 11.9. The van der Waals surface area contributed by atoms with Gasteiger partial charge in [0.1, 0.15) is 12.2 Å². The first-order chi connectivity index (χ1) is 8.36. The van der Waals surface area contributed by atoms with Gasteiger partial charge < -0.3 is 10.1 Å². The monoisotopic (exact) mass is 238 g/mol. The molecule has 0 bridgehead atoms. The predicted octanol–water partition coefficient (Wildman–Crippen LogP) is 1.25. The van der Waals surface area contributed by atoms with Crippen LogP contribution in [-0.4, -0.2) is 34.0 Å². The fourth-order valence-electron chi connectivity index (χ4n) is 2.21. The first-order valence-corrected chi connectivity index (χ1v) is 6.51. The number of aromatic nitrogens is 3. The van der Waals surface area contributed by atoms with Crippen LogP contribution >= 0.6 is 0 Å². The van der Waals surface area contributed by atoms with Crippen molar-refractivity contribution >= 4 is 0 Å². The highest BCUT2D eigenvalue weighted by Crippen LogP contribution is 2.19. The van der Waals surface area contributed by atoms with E-state index in [1.807, 2.05) is 7.05 Å². The van der Waals surface area contributed by atoms with Crippen molar-refractivity contribution < 1.29 is 4.74 Å². The van der Waals surface area contributed by atoms with E-state index in [0.717, 1.165) is 25.5 Å². The van der Waals surface area contributed by atoms with Gasteiger partial charge in [-0.15, -0.1) is 0 Å². The van der Waals surface area contributed by atoms with Crippen molar-refractivity contribution in [2.75, 3.05) is 13.2 Å². The predicted molar refractivity (Wildman–Crippen MR) is 65.5 cm³/mol. The van der Waals surface area contributed by atoms with Crippen LogP contribution in [0.5, 0.6) is 0 Å². The van der Waals surface area contributed by atoms with Crippen LogP contribution in [0.4, 0.5) is 0 Å². The Morgan fingerprint density at radius 3 is 2.94 bits per heavy atom. The molecule has 5 nitrogen and oxygen atoms in total. The smallest absolute Gasteiger partial charge is 0.140 e. The van der Waals surface area contributed by atoms with Crippen molar-refractivity contribution in [3.8, 4) is 0 Å². The molecule has 5 heteroatoms. The Kier molecular flexibility index (Phi) is 4.94. The van der Waals surface area contributed by atoms with Gasteiger partial charge in [0.15, 0.2) is 0 Å². The van der Waals surface area contributed by atoms with E-state index in [4.69, 9.17) is 4.74 Å². The minimum Gasteiger partial charge on any atom is -0.377 e. The van der Waals surface area contributed by atoms with Gasteiger partial charge in [-0.05, 0) is 12.8 Å². The number of aryl methyl sites for hydroxylation is 1. The Labute approximate surface area is 103 Å². The molecule has 1 aromatic rings. The molecule has 1 aromatic heterocycles. The lowest BCUT2D eigenvalue weighted by Gasteiger charge is -2.21. The van der Waals surface area contributed by atoms with Crippen LogP contribution in [0.25, 0.3) is 0 Å². The van der Waals surface area contributed by atoms with Crippen molar-refractivity contribution in [2.24, 2.45) is 7.05 Å². The van der Waals surface area contributed by atoms with E-state index in [2.05, 4.69) is 15.4 Å². The van der Waals surface area contributed by atoms with Crippen molar-refractivity contribution in [3.05, 3.63) is 12.2 Å². The summed E-state index contributed by atoms with van der Waals surface area (Å²) >= 11 is 0. The Bertz CT molecular complexity index is 320. The number of hydrogen-bond donors (Lipinski definition) is 1. The largest absolute Gasteiger partial charge is 0.377 e. The summed E-state index contributed by atoms with van der Waals surface area (Å²) in [6.45, 7) is 2.43. The van der Waals surface area contributed by atoms with Gasteiger partial charge in [-0.25, -0.2) is 4.98 Å². The first-order valence-electron chi connectivity index (χ1n) is 6.51. The Morgan fingerprint density at radius 1 is 1.41 bits per heavy atom. The van der Waals surface area contributed by atoms with Crippen LogP contribution in [0.1, 0.15) is 37.9 Å². The average molecular weight is 238 g/mol. The SMILES string of the molecule is Cn1ncnc1CNCCOC1CCCCC1. The van der Waals surface area contributed by atoms with Crippen molar-refractivity contribution in [3.63, 3.8) is 0 Å². The maximum atomic E-state index is 5.83. The second kappa shape index (κ2) is 6.71. The number of nitrogens with one attached hydrogen (secondary N) is 1. The normalized spacial score (nSPS) is 17.5. The fourth-order valence-corrected chi connectivity index (χ4v) is 2.21. The van der Waals surface area contributed by atoms with Gasteiger partial charge >= 0.3 is 0 Å². The van der Waals surface area contributed by atoms with Crippen LogP contribution in [0.3, 0.4) is 0 Å². The van der Waals surface area contributed by atoms with Crippen molar-refractivity contribution in [1.82, 2.24) is 20.1 Å². The summed E-state index contributed by atoms with van der Waals surface area (Å²) in [7, 11) is 1.91. The van der Waals surface area contributed by atoms with Gasteiger partial charge in [-0.1, -0.05) is 19.3 Å². The van der Waals surface area contributed by atoms with E-state index < -0.39 is 0 Å². The summed E-state index contributed by atoms with van der Waals surface area (Å²) in [5.74, 6) is 0.961. The van der Waals surface area contributed by atoms with Gasteiger partial charge in [-0.3, -0.25) is 4.68 Å². The molecule has 1 saturated carbocycles. The molecule has 0 spiro atoms. The third-order valence-electron chi connectivity index (χ3n) is 3.27. The molecular formula is C12H22N4O. The molecule has 0 saturated heterocycles. The summed E-state index contributed by atoms with van der Waals surface area (Å²) in [6, 6.07) is 0. The highest BCUT2D eigenvalue weighted by Gasteiger charge is 2.12. The quantitative estimate of drug-likeness (QED) is 0.758. The summed E-state index contributed by atoms with van der Waals surface area (Å²) < 4.78 is 7.61. The van der Waals surface area contributed by atoms with E-state index in [1.165, 1.54) is 32.1 Å². The van der Waals surface area contributed by atoms with Gasteiger partial charge in [0, 0.05) is 13.6 Å².